The molecule has 0 bridgehead atoms. The van der Waals surface area contributed by atoms with Crippen molar-refractivity contribution in [2.45, 2.75) is 25.0 Å². The lowest BCUT2D eigenvalue weighted by Crippen LogP contribution is -2.28. The highest BCUT2D eigenvalue weighted by molar-refractivity contribution is 5.35. The van der Waals surface area contributed by atoms with Crippen LogP contribution in [-0.2, 0) is 0 Å². The van der Waals surface area contributed by atoms with Gasteiger partial charge in [0.1, 0.15) is 5.75 Å². The van der Waals surface area contributed by atoms with Gasteiger partial charge in [0.05, 0.1) is 13.2 Å². The molecule has 1 heterocycles. The maximum absolute atomic E-state index is 10.2. The molecule has 82 valence electrons. The lowest BCUT2D eigenvalue weighted by Gasteiger charge is -2.20. The first-order valence-electron chi connectivity index (χ1n) is 5.37. The van der Waals surface area contributed by atoms with Gasteiger partial charge in [-0.15, -0.1) is 0 Å². The van der Waals surface area contributed by atoms with Crippen molar-refractivity contribution in [3.8, 4) is 5.75 Å². The number of aliphatic hydroxyl groups excluding tert-OH is 1. The summed E-state index contributed by atoms with van der Waals surface area (Å²) in [5, 5.41) is 13.5. The van der Waals surface area contributed by atoms with Crippen molar-refractivity contribution in [3.63, 3.8) is 0 Å². The third-order valence-corrected chi connectivity index (χ3v) is 2.94. The van der Waals surface area contributed by atoms with Crippen molar-refractivity contribution < 1.29 is 9.84 Å². The zero-order chi connectivity index (χ0) is 10.7. The molecule has 1 aromatic rings. The minimum Gasteiger partial charge on any atom is -0.496 e. The molecule has 2 unspecified atom stereocenters. The van der Waals surface area contributed by atoms with E-state index < -0.39 is 6.10 Å². The number of nitrogens with one attached hydrogen (secondary N) is 1. The van der Waals surface area contributed by atoms with Crippen molar-refractivity contribution >= 4 is 0 Å². The van der Waals surface area contributed by atoms with Gasteiger partial charge in [-0.2, -0.15) is 0 Å². The van der Waals surface area contributed by atoms with Crippen LogP contribution in [0.5, 0.6) is 5.75 Å². The smallest absolute Gasteiger partial charge is 0.124 e. The van der Waals surface area contributed by atoms with Crippen molar-refractivity contribution in [3.05, 3.63) is 29.8 Å². The molecule has 3 heteroatoms. The average Bonchev–Trinajstić information content (AvgIpc) is 2.81. The Bertz CT molecular complexity index is 321. The lowest BCUT2D eigenvalue weighted by molar-refractivity contribution is 0.134. The predicted octanol–water partition coefficient (Wildman–Crippen LogP) is 1.48. The Morgan fingerprint density at radius 2 is 2.27 bits per heavy atom. The van der Waals surface area contributed by atoms with Crippen molar-refractivity contribution in [2.24, 2.45) is 0 Å². The van der Waals surface area contributed by atoms with Gasteiger partial charge in [0.15, 0.2) is 0 Å². The van der Waals surface area contributed by atoms with Gasteiger partial charge in [-0.3, -0.25) is 0 Å². The summed E-state index contributed by atoms with van der Waals surface area (Å²) in [7, 11) is 1.63. The Labute approximate surface area is 90.1 Å². The van der Waals surface area contributed by atoms with Gasteiger partial charge < -0.3 is 15.2 Å². The Morgan fingerprint density at radius 3 is 2.93 bits per heavy atom. The first-order chi connectivity index (χ1) is 7.33. The molecule has 1 aromatic carbocycles. The number of rotatable bonds is 3. The molecule has 0 aliphatic carbocycles. The fraction of sp³-hybridized carbons (Fsp3) is 0.500. The summed E-state index contributed by atoms with van der Waals surface area (Å²) >= 11 is 0. The van der Waals surface area contributed by atoms with Crippen LogP contribution in [0.15, 0.2) is 24.3 Å². The second kappa shape index (κ2) is 4.64. The van der Waals surface area contributed by atoms with Crippen molar-refractivity contribution in [1.82, 2.24) is 5.32 Å². The fourth-order valence-corrected chi connectivity index (χ4v) is 2.11. The van der Waals surface area contributed by atoms with E-state index in [9.17, 15) is 5.11 Å². The summed E-state index contributed by atoms with van der Waals surface area (Å²) in [5.41, 5.74) is 0.874. The third kappa shape index (κ3) is 2.13. The zero-order valence-corrected chi connectivity index (χ0v) is 8.94. The van der Waals surface area contributed by atoms with Crippen LogP contribution in [0.3, 0.4) is 0 Å². The third-order valence-electron chi connectivity index (χ3n) is 2.94. The van der Waals surface area contributed by atoms with E-state index in [1.165, 1.54) is 0 Å². The van der Waals surface area contributed by atoms with E-state index in [0.29, 0.717) is 0 Å². The van der Waals surface area contributed by atoms with Crippen LogP contribution in [0.2, 0.25) is 0 Å². The van der Waals surface area contributed by atoms with Crippen LogP contribution in [-0.4, -0.2) is 24.8 Å². The quantitative estimate of drug-likeness (QED) is 0.789. The number of benzene rings is 1. The van der Waals surface area contributed by atoms with Gasteiger partial charge in [-0.1, -0.05) is 18.2 Å². The molecule has 1 aliphatic rings. The Balaban J connectivity index is 2.19. The summed E-state index contributed by atoms with van der Waals surface area (Å²) in [6.07, 6.45) is 1.69. The summed E-state index contributed by atoms with van der Waals surface area (Å²) in [6, 6.07) is 7.81. The van der Waals surface area contributed by atoms with Crippen LogP contribution in [0.25, 0.3) is 0 Å². The molecule has 2 N–H and O–H groups in total. The largest absolute Gasteiger partial charge is 0.496 e. The van der Waals surface area contributed by atoms with Crippen LogP contribution in [0.4, 0.5) is 0 Å². The van der Waals surface area contributed by atoms with Gasteiger partial charge in [-0.25, -0.2) is 0 Å². The molecule has 0 amide bonds. The van der Waals surface area contributed by atoms with Gasteiger partial charge >= 0.3 is 0 Å². The van der Waals surface area contributed by atoms with E-state index in [4.69, 9.17) is 4.74 Å². The number of ether oxygens (including phenoxy) is 1. The maximum atomic E-state index is 10.2. The zero-order valence-electron chi connectivity index (χ0n) is 8.94. The topological polar surface area (TPSA) is 41.5 Å². The van der Waals surface area contributed by atoms with E-state index in [1.807, 2.05) is 24.3 Å². The molecule has 0 radical (unpaired) electrons. The molecule has 0 aromatic heterocycles. The highest BCUT2D eigenvalue weighted by Crippen LogP contribution is 2.29. The van der Waals surface area contributed by atoms with Gasteiger partial charge in [0.25, 0.3) is 0 Å². The Kier molecular flexibility index (Phi) is 3.23. The molecule has 2 atom stereocenters. The molecule has 0 spiro atoms. The molecule has 2 rings (SSSR count). The van der Waals surface area contributed by atoms with Gasteiger partial charge in [-0.05, 0) is 25.5 Å². The molecular formula is C12H17NO2. The van der Waals surface area contributed by atoms with Crippen LogP contribution in [0, 0.1) is 0 Å². The highest BCUT2D eigenvalue weighted by atomic mass is 16.5. The fourth-order valence-electron chi connectivity index (χ4n) is 2.11. The van der Waals surface area contributed by atoms with Crippen LogP contribution in [0.1, 0.15) is 24.5 Å². The summed E-state index contributed by atoms with van der Waals surface area (Å²) in [4.78, 5) is 0. The minimum absolute atomic E-state index is 0.168. The molecule has 1 saturated heterocycles. The second-order valence-electron chi connectivity index (χ2n) is 3.89. The number of para-hydroxylation sites is 1. The normalized spacial score (nSPS) is 22.7. The van der Waals surface area contributed by atoms with Crippen LogP contribution < -0.4 is 10.1 Å². The van der Waals surface area contributed by atoms with Crippen molar-refractivity contribution in [2.75, 3.05) is 13.7 Å². The predicted molar refractivity (Wildman–Crippen MR) is 59.0 cm³/mol. The second-order valence-corrected chi connectivity index (χ2v) is 3.89. The number of hydrogen-bond donors (Lipinski definition) is 2. The molecule has 1 fully saturated rings. The van der Waals surface area contributed by atoms with E-state index in [-0.39, 0.29) is 6.04 Å². The van der Waals surface area contributed by atoms with Crippen LogP contribution >= 0.6 is 0 Å². The first-order valence-corrected chi connectivity index (χ1v) is 5.37. The summed E-state index contributed by atoms with van der Waals surface area (Å²) < 4.78 is 5.24. The molecular weight excluding hydrogens is 190 g/mol. The standard InChI is InChI=1S/C12H17NO2/c1-15-11-7-3-2-5-9(11)12(14)10-6-4-8-13-10/h2-3,5,7,10,12-14H,4,6,8H2,1H3. The minimum atomic E-state index is -0.469. The first kappa shape index (κ1) is 10.5. The number of hydrogen-bond acceptors (Lipinski definition) is 3. The van der Waals surface area contributed by atoms with E-state index in [1.54, 1.807) is 7.11 Å². The molecule has 0 saturated carbocycles. The SMILES string of the molecule is COc1ccccc1C(O)C1CCCN1. The molecule has 1 aliphatic heterocycles. The average molecular weight is 207 g/mol. The number of methoxy groups -OCH3 is 1. The Morgan fingerprint density at radius 1 is 1.47 bits per heavy atom. The van der Waals surface area contributed by atoms with Crippen molar-refractivity contribution in [1.29, 1.82) is 0 Å². The van der Waals surface area contributed by atoms with E-state index in [2.05, 4.69) is 5.32 Å². The lowest BCUT2D eigenvalue weighted by atomic mass is 10.0. The Hall–Kier alpha value is -1.06. The van der Waals surface area contributed by atoms with Gasteiger partial charge in [0.2, 0.25) is 0 Å². The molecule has 15 heavy (non-hydrogen) atoms. The maximum Gasteiger partial charge on any atom is 0.124 e. The highest BCUT2D eigenvalue weighted by Gasteiger charge is 2.25. The van der Waals surface area contributed by atoms with E-state index >= 15 is 0 Å². The summed E-state index contributed by atoms with van der Waals surface area (Å²) in [6.45, 7) is 0.997. The van der Waals surface area contributed by atoms with Gasteiger partial charge in [0, 0.05) is 11.6 Å². The molecule has 3 nitrogen and oxygen atoms in total. The monoisotopic (exact) mass is 207 g/mol. The number of aliphatic hydroxyl groups is 1. The van der Waals surface area contributed by atoms with E-state index in [0.717, 1.165) is 30.7 Å². The summed E-state index contributed by atoms with van der Waals surface area (Å²) in [5.74, 6) is 0.763.